The largest absolute Gasteiger partial charge is 0.660 e. The van der Waals surface area contributed by atoms with E-state index in [1.54, 1.807) is 6.20 Å². The predicted molar refractivity (Wildman–Crippen MR) is 111 cm³/mol. The Balaban J connectivity index is 0.000000317. The third-order valence-electron chi connectivity index (χ3n) is 5.77. The molecule has 2 aliphatic heterocycles. The summed E-state index contributed by atoms with van der Waals surface area (Å²) in [5.74, 6) is 1.52. The molecule has 1 aliphatic carbocycles. The molecule has 0 bridgehead atoms. The molecule has 5 rings (SSSR count). The molecule has 1 saturated carbocycles. The van der Waals surface area contributed by atoms with Crippen molar-refractivity contribution in [2.45, 2.75) is 12.6 Å². The Morgan fingerprint density at radius 3 is 2.33 bits per heavy atom. The molecular weight excluding hydrogens is 459 g/mol. The van der Waals surface area contributed by atoms with Crippen molar-refractivity contribution in [2.75, 3.05) is 44.7 Å². The van der Waals surface area contributed by atoms with Crippen molar-refractivity contribution in [1.82, 2.24) is 19.8 Å². The predicted octanol–water partition coefficient (Wildman–Crippen LogP) is 0.383. The van der Waals surface area contributed by atoms with Crippen LogP contribution in [0.25, 0.3) is 11.0 Å². The number of hydrogen-bond donors (Lipinski definition) is 4. The van der Waals surface area contributed by atoms with Crippen LogP contribution in [0.4, 0.5) is 5.82 Å². The first-order valence-corrected chi connectivity index (χ1v) is 10.1. The first-order valence-electron chi connectivity index (χ1n) is 10.1. The van der Waals surface area contributed by atoms with Crippen LogP contribution in [-0.2, 0) is 39.3 Å². The molecule has 5 N–H and O–H groups in total. The molecule has 2 aromatic rings. The Labute approximate surface area is 201 Å². The minimum absolute atomic E-state index is 0. The molecule has 2 atom stereocenters. The van der Waals surface area contributed by atoms with Crippen molar-refractivity contribution < 1.29 is 37.9 Å². The Kier molecular flexibility index (Phi) is 8.53. The molecule has 1 radical (unpaired) electrons. The van der Waals surface area contributed by atoms with E-state index in [0.717, 1.165) is 51.5 Å². The number of anilines is 1. The third kappa shape index (κ3) is 5.73. The minimum atomic E-state index is -0.439. The van der Waals surface area contributed by atoms with Gasteiger partial charge in [0.2, 0.25) is 0 Å². The Bertz CT molecular complexity index is 849. The molecule has 10 heteroatoms. The number of benzene rings is 1. The molecule has 1 aromatic carbocycles. The van der Waals surface area contributed by atoms with Gasteiger partial charge in [-0.05, 0) is 48.7 Å². The molecular formula is C20H28N7O2Y-. The molecule has 3 aliphatic rings. The van der Waals surface area contributed by atoms with E-state index in [2.05, 4.69) is 20.5 Å². The summed E-state index contributed by atoms with van der Waals surface area (Å²) in [6, 6.07) is 9.84. The standard InChI is InChI=1S/C16H19N5O2.C4H9N2.Y/c17-15-12-8-20(9-13(12)15)7-10-1-3-11(4-2-10)21-6-5-14(19-23)18-16(21)22;1-2-6-4-3-5-1;/h1-6,12-13,15,23H,7-9,17H2,(H,18,19,22);5H,1-4H2;/q;-1;. The van der Waals surface area contributed by atoms with Crippen LogP contribution in [0.1, 0.15) is 5.56 Å². The second-order valence-electron chi connectivity index (χ2n) is 7.76. The van der Waals surface area contributed by atoms with E-state index in [-0.39, 0.29) is 38.5 Å². The third-order valence-corrected chi connectivity index (χ3v) is 5.77. The van der Waals surface area contributed by atoms with E-state index in [1.165, 1.54) is 16.2 Å². The zero-order valence-electron chi connectivity index (χ0n) is 16.9. The van der Waals surface area contributed by atoms with Gasteiger partial charge in [-0.2, -0.15) is 4.98 Å². The van der Waals surface area contributed by atoms with Crippen molar-refractivity contribution in [3.05, 3.63) is 57.9 Å². The van der Waals surface area contributed by atoms with Crippen LogP contribution in [0, 0.1) is 11.8 Å². The van der Waals surface area contributed by atoms with Gasteiger partial charge in [0.1, 0.15) is 0 Å². The zero-order valence-corrected chi connectivity index (χ0v) is 19.8. The maximum atomic E-state index is 11.9. The van der Waals surface area contributed by atoms with Gasteiger partial charge in [0, 0.05) is 64.6 Å². The van der Waals surface area contributed by atoms with Gasteiger partial charge in [-0.25, -0.2) is 4.79 Å². The quantitative estimate of drug-likeness (QED) is 0.460. The summed E-state index contributed by atoms with van der Waals surface area (Å²) in [6.07, 6.45) is 1.58. The van der Waals surface area contributed by atoms with Gasteiger partial charge in [-0.15, -0.1) is 13.1 Å². The van der Waals surface area contributed by atoms with E-state index >= 15 is 0 Å². The second-order valence-corrected chi connectivity index (χ2v) is 7.76. The Morgan fingerprint density at radius 1 is 1.17 bits per heavy atom. The van der Waals surface area contributed by atoms with Gasteiger partial charge >= 0.3 is 5.69 Å². The number of nitrogens with two attached hydrogens (primary N) is 1. The molecule has 3 fully saturated rings. The summed E-state index contributed by atoms with van der Waals surface area (Å²) in [5.41, 5.74) is 9.36. The van der Waals surface area contributed by atoms with Gasteiger partial charge in [0.15, 0.2) is 5.82 Å². The molecule has 0 spiro atoms. The van der Waals surface area contributed by atoms with E-state index in [4.69, 9.17) is 10.9 Å². The first-order chi connectivity index (χ1) is 14.2. The van der Waals surface area contributed by atoms with E-state index < -0.39 is 5.69 Å². The average molecular weight is 487 g/mol. The van der Waals surface area contributed by atoms with Crippen LogP contribution in [0.5, 0.6) is 0 Å². The van der Waals surface area contributed by atoms with Crippen LogP contribution in [0.3, 0.4) is 0 Å². The van der Waals surface area contributed by atoms with Crippen LogP contribution in [-0.4, -0.2) is 65.0 Å². The minimum Gasteiger partial charge on any atom is -0.660 e. The molecule has 2 unspecified atom stereocenters. The summed E-state index contributed by atoms with van der Waals surface area (Å²) in [6.45, 7) is 7.29. The molecule has 30 heavy (non-hydrogen) atoms. The van der Waals surface area contributed by atoms with Crippen molar-refractivity contribution in [3.8, 4) is 5.69 Å². The number of nitrogens with zero attached hydrogens (tertiary/aromatic N) is 4. The number of rotatable bonds is 4. The van der Waals surface area contributed by atoms with Crippen LogP contribution in [0.15, 0.2) is 41.3 Å². The number of piperidine rings is 1. The fourth-order valence-corrected chi connectivity index (χ4v) is 4.02. The number of nitrogens with one attached hydrogen (secondary N) is 2. The molecule has 3 heterocycles. The number of likely N-dealkylation sites (tertiary alicyclic amines) is 1. The van der Waals surface area contributed by atoms with Crippen molar-refractivity contribution >= 4 is 5.82 Å². The number of fused-ring (bicyclic) bond motifs is 1. The van der Waals surface area contributed by atoms with Gasteiger partial charge in [-0.1, -0.05) is 12.1 Å². The van der Waals surface area contributed by atoms with Crippen LogP contribution < -0.4 is 22.2 Å². The molecule has 159 valence electrons. The molecule has 2 saturated heterocycles. The average Bonchev–Trinajstić information content (AvgIpc) is 3.16. The first kappa shape index (κ1) is 23.5. The van der Waals surface area contributed by atoms with E-state index in [9.17, 15) is 4.79 Å². The number of piperazine rings is 1. The maximum Gasteiger partial charge on any atom is 0.354 e. The monoisotopic (exact) mass is 487 g/mol. The van der Waals surface area contributed by atoms with E-state index in [1.807, 2.05) is 29.7 Å². The number of hydrogen-bond acceptors (Lipinski definition) is 7. The van der Waals surface area contributed by atoms with Crippen molar-refractivity contribution in [1.29, 1.82) is 0 Å². The van der Waals surface area contributed by atoms with Gasteiger partial charge in [0.05, 0.1) is 5.69 Å². The normalized spacial score (nSPS) is 24.8. The summed E-state index contributed by atoms with van der Waals surface area (Å²) >= 11 is 0. The molecule has 0 amide bonds. The van der Waals surface area contributed by atoms with Crippen molar-refractivity contribution in [2.24, 2.45) is 17.6 Å². The maximum absolute atomic E-state index is 11.9. The van der Waals surface area contributed by atoms with Gasteiger partial charge < -0.3 is 16.4 Å². The van der Waals surface area contributed by atoms with Crippen molar-refractivity contribution in [3.63, 3.8) is 0 Å². The summed E-state index contributed by atoms with van der Waals surface area (Å²) in [7, 11) is 0. The van der Waals surface area contributed by atoms with Gasteiger partial charge in [-0.3, -0.25) is 20.2 Å². The summed E-state index contributed by atoms with van der Waals surface area (Å²) in [4.78, 5) is 18.1. The zero-order chi connectivity index (χ0) is 20.2. The van der Waals surface area contributed by atoms with Crippen LogP contribution >= 0.6 is 0 Å². The molecule has 1 aromatic heterocycles. The summed E-state index contributed by atoms with van der Waals surface area (Å²) < 4.78 is 1.44. The smallest absolute Gasteiger partial charge is 0.354 e. The molecule has 9 nitrogen and oxygen atoms in total. The van der Waals surface area contributed by atoms with Crippen LogP contribution in [0.2, 0.25) is 0 Å². The Hall–Kier alpha value is -1.20. The second kappa shape index (κ2) is 10.9. The van der Waals surface area contributed by atoms with E-state index in [0.29, 0.717) is 17.9 Å². The van der Waals surface area contributed by atoms with Gasteiger partial charge in [0.25, 0.3) is 0 Å². The fraction of sp³-hybridized carbons (Fsp3) is 0.500. The summed E-state index contributed by atoms with van der Waals surface area (Å²) in [5, 5.41) is 16.1. The topological polar surface area (TPSA) is 123 Å². The fourth-order valence-electron chi connectivity index (χ4n) is 4.02. The number of aromatic nitrogens is 2. The SMILES string of the molecule is C1CNCC[N-]1.NC1C2CN(Cc3ccc(-n4ccc(NO)nc4=O)cc3)CC12.[Y]. The Morgan fingerprint density at radius 2 is 1.83 bits per heavy atom.